The fourth-order valence-electron chi connectivity index (χ4n) is 3.45. The number of amides is 2. The number of unbranched alkanes of at least 4 members (excludes halogenated alkanes) is 1. The van der Waals surface area contributed by atoms with Crippen LogP contribution in [0.3, 0.4) is 0 Å². The molecule has 1 aromatic carbocycles. The summed E-state index contributed by atoms with van der Waals surface area (Å²) in [6, 6.07) is 7.00. The van der Waals surface area contributed by atoms with Crippen LogP contribution < -0.4 is 10.6 Å². The second kappa shape index (κ2) is 8.75. The molecule has 2 aromatic rings. The molecule has 2 amide bonds. The molecule has 27 heavy (non-hydrogen) atoms. The SMILES string of the molecule is CCCCNC(=O)C1(NC(=O)c2ccc(-n3cnnn3)cc2)CCCCC1. The quantitative estimate of drug-likeness (QED) is 0.726. The Balaban J connectivity index is 1.71. The van der Waals surface area contributed by atoms with E-state index in [9.17, 15) is 9.59 Å². The number of rotatable bonds is 7. The van der Waals surface area contributed by atoms with Crippen LogP contribution in [-0.4, -0.2) is 44.1 Å². The Bertz CT molecular complexity index is 751. The van der Waals surface area contributed by atoms with Crippen LogP contribution in [0.15, 0.2) is 30.6 Å². The van der Waals surface area contributed by atoms with Gasteiger partial charge < -0.3 is 10.6 Å². The van der Waals surface area contributed by atoms with Crippen LogP contribution in [-0.2, 0) is 4.79 Å². The van der Waals surface area contributed by atoms with Crippen molar-refractivity contribution in [2.75, 3.05) is 6.54 Å². The number of benzene rings is 1. The highest BCUT2D eigenvalue weighted by Gasteiger charge is 2.40. The molecule has 1 saturated carbocycles. The third-order valence-electron chi connectivity index (χ3n) is 5.05. The maximum Gasteiger partial charge on any atom is 0.252 e. The van der Waals surface area contributed by atoms with Gasteiger partial charge in [-0.25, -0.2) is 4.68 Å². The molecule has 8 heteroatoms. The fourth-order valence-corrected chi connectivity index (χ4v) is 3.45. The minimum atomic E-state index is -0.808. The molecule has 0 unspecified atom stereocenters. The molecule has 0 saturated heterocycles. The van der Waals surface area contributed by atoms with Gasteiger partial charge in [-0.15, -0.1) is 5.10 Å². The first-order valence-electron chi connectivity index (χ1n) is 9.59. The van der Waals surface area contributed by atoms with Crippen molar-refractivity contribution < 1.29 is 9.59 Å². The molecule has 0 atom stereocenters. The molecule has 1 aliphatic rings. The first kappa shape index (κ1) is 19.0. The minimum absolute atomic E-state index is 0.0608. The molecule has 0 aliphatic heterocycles. The van der Waals surface area contributed by atoms with E-state index in [1.54, 1.807) is 24.3 Å². The van der Waals surface area contributed by atoms with Crippen LogP contribution in [0.5, 0.6) is 0 Å². The summed E-state index contributed by atoms with van der Waals surface area (Å²) >= 11 is 0. The lowest BCUT2D eigenvalue weighted by Crippen LogP contribution is -2.59. The summed E-state index contributed by atoms with van der Waals surface area (Å²) < 4.78 is 1.52. The second-order valence-corrected chi connectivity index (χ2v) is 7.01. The van der Waals surface area contributed by atoms with Gasteiger partial charge in [0.2, 0.25) is 5.91 Å². The van der Waals surface area contributed by atoms with Crippen molar-refractivity contribution in [3.63, 3.8) is 0 Å². The van der Waals surface area contributed by atoms with Gasteiger partial charge in [0.15, 0.2) is 0 Å². The Morgan fingerprint density at radius 2 is 1.89 bits per heavy atom. The predicted molar refractivity (Wildman–Crippen MR) is 100 cm³/mol. The van der Waals surface area contributed by atoms with Crippen LogP contribution in [0, 0.1) is 0 Å². The van der Waals surface area contributed by atoms with Crippen molar-refractivity contribution >= 4 is 11.8 Å². The minimum Gasteiger partial charge on any atom is -0.354 e. The van der Waals surface area contributed by atoms with Crippen LogP contribution in [0.4, 0.5) is 0 Å². The van der Waals surface area contributed by atoms with Crippen molar-refractivity contribution in [2.24, 2.45) is 0 Å². The lowest BCUT2D eigenvalue weighted by Gasteiger charge is -2.36. The number of hydrogen-bond donors (Lipinski definition) is 2. The van der Waals surface area contributed by atoms with Gasteiger partial charge in [-0.1, -0.05) is 32.6 Å². The normalized spacial score (nSPS) is 15.9. The van der Waals surface area contributed by atoms with Crippen LogP contribution in [0.25, 0.3) is 5.69 Å². The first-order chi connectivity index (χ1) is 13.1. The van der Waals surface area contributed by atoms with Gasteiger partial charge in [0, 0.05) is 12.1 Å². The van der Waals surface area contributed by atoms with Crippen molar-refractivity contribution in [3.05, 3.63) is 36.2 Å². The number of carbonyl (C=O) groups is 2. The van der Waals surface area contributed by atoms with Crippen molar-refractivity contribution in [3.8, 4) is 5.69 Å². The molecule has 1 fully saturated rings. The van der Waals surface area contributed by atoms with E-state index < -0.39 is 5.54 Å². The number of hydrogen-bond acceptors (Lipinski definition) is 5. The Labute approximate surface area is 158 Å². The first-order valence-corrected chi connectivity index (χ1v) is 9.59. The average molecular weight is 370 g/mol. The van der Waals surface area contributed by atoms with Crippen LogP contribution in [0.1, 0.15) is 62.2 Å². The Morgan fingerprint density at radius 3 is 2.52 bits per heavy atom. The van der Waals surface area contributed by atoms with E-state index in [0.29, 0.717) is 24.9 Å². The summed E-state index contributed by atoms with van der Waals surface area (Å²) in [6.45, 7) is 2.73. The van der Waals surface area contributed by atoms with Gasteiger partial charge in [-0.05, 0) is 54.0 Å². The van der Waals surface area contributed by atoms with E-state index in [4.69, 9.17) is 0 Å². The van der Waals surface area contributed by atoms with Crippen molar-refractivity contribution in [1.29, 1.82) is 0 Å². The van der Waals surface area contributed by atoms with Crippen molar-refractivity contribution in [2.45, 2.75) is 57.4 Å². The highest BCUT2D eigenvalue weighted by Crippen LogP contribution is 2.29. The smallest absolute Gasteiger partial charge is 0.252 e. The Kier molecular flexibility index (Phi) is 6.16. The highest BCUT2D eigenvalue weighted by molar-refractivity contribution is 5.99. The molecule has 0 spiro atoms. The molecule has 1 aliphatic carbocycles. The van der Waals surface area contributed by atoms with Crippen LogP contribution >= 0.6 is 0 Å². The topological polar surface area (TPSA) is 102 Å². The zero-order chi connectivity index (χ0) is 19.1. The van der Waals surface area contributed by atoms with E-state index in [2.05, 4.69) is 33.1 Å². The molecule has 144 valence electrons. The van der Waals surface area contributed by atoms with Gasteiger partial charge in [-0.2, -0.15) is 0 Å². The fraction of sp³-hybridized carbons (Fsp3) is 0.526. The summed E-state index contributed by atoms with van der Waals surface area (Å²) in [5.41, 5.74) is 0.469. The third kappa shape index (κ3) is 4.50. The lowest BCUT2D eigenvalue weighted by molar-refractivity contribution is -0.128. The number of tetrazole rings is 1. The van der Waals surface area contributed by atoms with Gasteiger partial charge >= 0.3 is 0 Å². The molecule has 0 radical (unpaired) electrons. The molecular weight excluding hydrogens is 344 g/mol. The highest BCUT2D eigenvalue weighted by atomic mass is 16.2. The summed E-state index contributed by atoms with van der Waals surface area (Å²) in [5, 5.41) is 17.1. The molecule has 1 heterocycles. The van der Waals surface area contributed by atoms with Gasteiger partial charge in [0.1, 0.15) is 11.9 Å². The molecule has 2 N–H and O–H groups in total. The maximum absolute atomic E-state index is 12.8. The second-order valence-electron chi connectivity index (χ2n) is 7.01. The number of carbonyl (C=O) groups excluding carboxylic acids is 2. The van der Waals surface area contributed by atoms with Gasteiger partial charge in [0.25, 0.3) is 5.91 Å². The van der Waals surface area contributed by atoms with Crippen LogP contribution in [0.2, 0.25) is 0 Å². The van der Waals surface area contributed by atoms with E-state index in [0.717, 1.165) is 37.8 Å². The molecule has 3 rings (SSSR count). The third-order valence-corrected chi connectivity index (χ3v) is 5.05. The van der Waals surface area contributed by atoms with E-state index in [1.165, 1.54) is 11.0 Å². The Hall–Kier alpha value is -2.77. The van der Waals surface area contributed by atoms with Crippen molar-refractivity contribution in [1.82, 2.24) is 30.8 Å². The zero-order valence-corrected chi connectivity index (χ0v) is 15.6. The molecule has 8 nitrogen and oxygen atoms in total. The van der Waals surface area contributed by atoms with E-state index in [-0.39, 0.29) is 11.8 Å². The summed E-state index contributed by atoms with van der Waals surface area (Å²) in [5.74, 6) is -0.292. The summed E-state index contributed by atoms with van der Waals surface area (Å²) in [6.07, 6.45) is 7.80. The largest absolute Gasteiger partial charge is 0.354 e. The predicted octanol–water partition coefficient (Wildman–Crippen LogP) is 2.01. The average Bonchev–Trinajstić information content (AvgIpc) is 3.24. The zero-order valence-electron chi connectivity index (χ0n) is 15.6. The number of nitrogens with one attached hydrogen (secondary N) is 2. The van der Waals surface area contributed by atoms with Gasteiger partial charge in [-0.3, -0.25) is 9.59 Å². The number of aromatic nitrogens is 4. The standard InChI is InChI=1S/C19H26N6O2/c1-2-3-13-20-18(27)19(11-5-4-6-12-19)22-17(26)15-7-9-16(10-8-15)25-14-21-23-24-25/h7-10,14H,2-6,11-13H2,1H3,(H,20,27)(H,22,26). The van der Waals surface area contributed by atoms with Gasteiger partial charge in [0.05, 0.1) is 5.69 Å². The van der Waals surface area contributed by atoms with E-state index >= 15 is 0 Å². The monoisotopic (exact) mass is 370 g/mol. The molecular formula is C19H26N6O2. The number of nitrogens with zero attached hydrogens (tertiary/aromatic N) is 4. The summed E-state index contributed by atoms with van der Waals surface area (Å²) in [4.78, 5) is 25.6. The molecule has 0 bridgehead atoms. The molecule has 1 aromatic heterocycles. The van der Waals surface area contributed by atoms with E-state index in [1.807, 2.05) is 0 Å². The lowest BCUT2D eigenvalue weighted by atomic mass is 9.80. The Morgan fingerprint density at radius 1 is 1.15 bits per heavy atom. The summed E-state index contributed by atoms with van der Waals surface area (Å²) in [7, 11) is 0. The maximum atomic E-state index is 12.8.